The predicted octanol–water partition coefficient (Wildman–Crippen LogP) is 4.58. The molecular formula is C19H15F8N5O2S. The van der Waals surface area contributed by atoms with Crippen LogP contribution in [0.5, 0.6) is 0 Å². The van der Waals surface area contributed by atoms with E-state index >= 15 is 0 Å². The van der Waals surface area contributed by atoms with Crippen LogP contribution >= 0.6 is 0 Å². The number of alkyl halides is 8. The van der Waals surface area contributed by atoms with Gasteiger partial charge in [0.15, 0.2) is 27.7 Å². The van der Waals surface area contributed by atoms with Crippen LogP contribution in [-0.2, 0) is 16.9 Å². The second-order valence-electron chi connectivity index (χ2n) is 7.18. The van der Waals surface area contributed by atoms with E-state index in [1.165, 1.54) is 25.4 Å². The van der Waals surface area contributed by atoms with Gasteiger partial charge in [-0.25, -0.2) is 32.2 Å². The Kier molecular flexibility index (Phi) is 6.65. The summed E-state index contributed by atoms with van der Waals surface area (Å²) in [7, 11) is -3.31. The number of pyridine rings is 1. The van der Waals surface area contributed by atoms with E-state index in [1.807, 2.05) is 0 Å². The van der Waals surface area contributed by atoms with Crippen molar-refractivity contribution in [3.63, 3.8) is 0 Å². The van der Waals surface area contributed by atoms with Gasteiger partial charge in [0.25, 0.3) is 0 Å². The summed E-state index contributed by atoms with van der Waals surface area (Å²) in [5.74, 6) is -1.01. The van der Waals surface area contributed by atoms with Gasteiger partial charge in [-0.3, -0.25) is 4.98 Å². The molecule has 0 aliphatic heterocycles. The van der Waals surface area contributed by atoms with Crippen molar-refractivity contribution in [1.29, 1.82) is 0 Å². The van der Waals surface area contributed by atoms with Gasteiger partial charge in [0.1, 0.15) is 5.69 Å². The van der Waals surface area contributed by atoms with Crippen LogP contribution in [0.4, 0.5) is 35.1 Å². The lowest BCUT2D eigenvalue weighted by Crippen LogP contribution is -2.56. The van der Waals surface area contributed by atoms with Gasteiger partial charge >= 0.3 is 18.0 Å². The average Bonchev–Trinajstić information content (AvgIpc) is 3.17. The molecule has 0 unspecified atom stereocenters. The van der Waals surface area contributed by atoms with Crippen molar-refractivity contribution in [3.8, 4) is 22.9 Å². The summed E-state index contributed by atoms with van der Waals surface area (Å²) < 4.78 is 133. The second kappa shape index (κ2) is 8.80. The van der Waals surface area contributed by atoms with E-state index in [0.29, 0.717) is 4.57 Å². The van der Waals surface area contributed by atoms with Crippen LogP contribution in [0.2, 0.25) is 0 Å². The summed E-state index contributed by atoms with van der Waals surface area (Å²) in [5.41, 5.74) is -8.06. The monoisotopic (exact) mass is 529 g/mol. The highest BCUT2D eigenvalue weighted by atomic mass is 32.2. The highest BCUT2D eigenvalue weighted by Crippen LogP contribution is 2.54. The molecular weight excluding hydrogens is 514 g/mol. The SMILES string of the molecule is CCS(=O)(=O)c1cc(-c2ncccn2)cnc1-c1ncc([C@@H](F)C(F)(C(F)(F)F)C(F)(F)F)n1C. The predicted molar refractivity (Wildman–Crippen MR) is 105 cm³/mol. The van der Waals surface area contributed by atoms with Crippen molar-refractivity contribution in [2.24, 2.45) is 7.05 Å². The molecule has 7 nitrogen and oxygen atoms in total. The van der Waals surface area contributed by atoms with E-state index in [2.05, 4.69) is 19.9 Å². The van der Waals surface area contributed by atoms with Crippen LogP contribution in [0.3, 0.4) is 0 Å². The molecule has 0 spiro atoms. The molecule has 16 heteroatoms. The van der Waals surface area contributed by atoms with Gasteiger partial charge in [-0.1, -0.05) is 6.92 Å². The highest BCUT2D eigenvalue weighted by molar-refractivity contribution is 7.91. The van der Waals surface area contributed by atoms with Gasteiger partial charge in [0, 0.05) is 31.2 Å². The average molecular weight is 529 g/mol. The van der Waals surface area contributed by atoms with Crippen LogP contribution in [0, 0.1) is 0 Å². The Morgan fingerprint density at radius 3 is 2.03 bits per heavy atom. The molecule has 0 bridgehead atoms. The first kappa shape index (κ1) is 26.4. The van der Waals surface area contributed by atoms with E-state index in [4.69, 9.17) is 0 Å². The third kappa shape index (κ3) is 4.46. The lowest BCUT2D eigenvalue weighted by atomic mass is 9.96. The first-order chi connectivity index (χ1) is 16.1. The maximum atomic E-state index is 14.6. The summed E-state index contributed by atoms with van der Waals surface area (Å²) in [5, 5.41) is 0. The minimum Gasteiger partial charge on any atom is -0.327 e. The lowest BCUT2D eigenvalue weighted by molar-refractivity contribution is -0.359. The highest BCUT2D eigenvalue weighted by Gasteiger charge is 2.77. The number of halogens is 8. The molecule has 0 fully saturated rings. The summed E-state index contributed by atoms with van der Waals surface area (Å²) in [6, 6.07) is 2.58. The zero-order valence-electron chi connectivity index (χ0n) is 17.7. The van der Waals surface area contributed by atoms with E-state index < -0.39 is 61.9 Å². The first-order valence-corrected chi connectivity index (χ1v) is 11.2. The smallest absolute Gasteiger partial charge is 0.327 e. The van der Waals surface area contributed by atoms with Crippen LogP contribution in [0.25, 0.3) is 22.9 Å². The van der Waals surface area contributed by atoms with Crippen molar-refractivity contribution >= 4 is 9.84 Å². The quantitative estimate of drug-likeness (QED) is 0.435. The summed E-state index contributed by atoms with van der Waals surface area (Å²) in [6.45, 7) is 1.27. The van der Waals surface area contributed by atoms with Crippen molar-refractivity contribution in [3.05, 3.63) is 42.6 Å². The molecule has 0 saturated heterocycles. The van der Waals surface area contributed by atoms with Gasteiger partial charge in [-0.2, -0.15) is 26.3 Å². The molecule has 35 heavy (non-hydrogen) atoms. The minimum atomic E-state index is -6.65. The number of imidazole rings is 1. The lowest BCUT2D eigenvalue weighted by Gasteiger charge is -2.32. The number of hydrogen-bond donors (Lipinski definition) is 0. The van der Waals surface area contributed by atoms with Gasteiger partial charge in [0.2, 0.25) is 0 Å². The molecule has 3 heterocycles. The summed E-state index contributed by atoms with van der Waals surface area (Å²) in [6.07, 6.45) is -13.5. The number of rotatable bonds is 6. The van der Waals surface area contributed by atoms with Crippen LogP contribution in [0.1, 0.15) is 18.8 Å². The second-order valence-corrected chi connectivity index (χ2v) is 9.43. The Balaban J connectivity index is 2.20. The molecule has 0 aromatic carbocycles. The zero-order valence-corrected chi connectivity index (χ0v) is 18.5. The van der Waals surface area contributed by atoms with Gasteiger partial charge in [-0.05, 0) is 12.1 Å². The van der Waals surface area contributed by atoms with Crippen molar-refractivity contribution in [1.82, 2.24) is 24.5 Å². The van der Waals surface area contributed by atoms with E-state index in [1.54, 1.807) is 0 Å². The van der Waals surface area contributed by atoms with Crippen molar-refractivity contribution in [2.45, 2.75) is 36.0 Å². The largest absolute Gasteiger partial charge is 0.434 e. The van der Waals surface area contributed by atoms with E-state index in [-0.39, 0.29) is 17.6 Å². The van der Waals surface area contributed by atoms with Gasteiger partial charge < -0.3 is 4.57 Å². The molecule has 1 atom stereocenters. The van der Waals surface area contributed by atoms with Crippen LogP contribution in [0.15, 0.2) is 41.8 Å². The van der Waals surface area contributed by atoms with Crippen molar-refractivity contribution < 1.29 is 43.5 Å². The fourth-order valence-corrected chi connectivity index (χ4v) is 4.16. The van der Waals surface area contributed by atoms with Gasteiger partial charge in [0.05, 0.1) is 22.5 Å². The molecule has 3 aromatic rings. The fourth-order valence-electron chi connectivity index (χ4n) is 3.11. The number of nitrogens with zero attached hydrogens (tertiary/aromatic N) is 5. The molecule has 190 valence electrons. The minimum absolute atomic E-state index is 0.0704. The Labute approximate surface area is 192 Å². The fraction of sp³-hybridized carbons (Fsp3) is 0.368. The van der Waals surface area contributed by atoms with E-state index in [0.717, 1.165) is 19.3 Å². The number of aromatic nitrogens is 5. The normalized spacial score (nSPS) is 14.2. The van der Waals surface area contributed by atoms with Crippen LogP contribution in [-0.4, -0.2) is 56.7 Å². The molecule has 0 aliphatic carbocycles. The molecule has 0 amide bonds. The van der Waals surface area contributed by atoms with E-state index in [9.17, 15) is 43.5 Å². The van der Waals surface area contributed by atoms with Gasteiger partial charge in [-0.15, -0.1) is 0 Å². The topological polar surface area (TPSA) is 90.6 Å². The molecule has 0 radical (unpaired) electrons. The summed E-state index contributed by atoms with van der Waals surface area (Å²) >= 11 is 0. The maximum Gasteiger partial charge on any atom is 0.434 e. The zero-order chi connectivity index (χ0) is 26.4. The Hall–Kier alpha value is -3.17. The third-order valence-electron chi connectivity index (χ3n) is 5.06. The maximum absolute atomic E-state index is 14.6. The number of sulfone groups is 1. The van der Waals surface area contributed by atoms with Crippen LogP contribution < -0.4 is 0 Å². The molecule has 3 aromatic heterocycles. The first-order valence-electron chi connectivity index (χ1n) is 9.54. The Morgan fingerprint density at radius 2 is 1.51 bits per heavy atom. The molecule has 0 saturated carbocycles. The molecule has 3 rings (SSSR count). The standard InChI is InChI=1S/C19H15F8N5O2S/c1-3-35(33,34)12-7-10(15-28-5-4-6-29-15)8-30-13(12)16-31-9-11(32(16)2)14(20)17(21,18(22,23)24)19(25,26)27/h4-9,14H,3H2,1-2H3/t14-/m1/s1. The Bertz CT molecular complexity index is 1310. The number of hydrogen-bond acceptors (Lipinski definition) is 6. The molecule has 0 N–H and O–H groups in total. The molecule has 0 aliphatic rings. The summed E-state index contributed by atoms with van der Waals surface area (Å²) in [4.78, 5) is 14.9. The third-order valence-corrected chi connectivity index (χ3v) is 6.80. The van der Waals surface area contributed by atoms with Crippen molar-refractivity contribution in [2.75, 3.05) is 5.75 Å². The Morgan fingerprint density at radius 1 is 0.943 bits per heavy atom.